The van der Waals surface area contributed by atoms with E-state index >= 15 is 0 Å². The molecule has 0 aromatic carbocycles. The van der Waals surface area contributed by atoms with Gasteiger partial charge in [0, 0.05) is 12.6 Å². The Morgan fingerprint density at radius 2 is 1.76 bits per heavy atom. The van der Waals surface area contributed by atoms with Gasteiger partial charge in [0.25, 0.3) is 0 Å². The smallest absolute Gasteiger partial charge is 0.232 e. The molecule has 1 aromatic heterocycles. The minimum Gasteiger partial charge on any atom is -0.481 e. The number of aliphatic hydroxyl groups is 1. The molecular formula is C11H19N3O3. The van der Waals surface area contributed by atoms with Crippen LogP contribution in [0.5, 0.6) is 11.8 Å². The van der Waals surface area contributed by atoms with Gasteiger partial charge in [0.15, 0.2) is 0 Å². The predicted molar refractivity (Wildman–Crippen MR) is 64.7 cm³/mol. The molecule has 6 nitrogen and oxygen atoms in total. The van der Waals surface area contributed by atoms with Gasteiger partial charge in [0.05, 0.1) is 26.9 Å². The van der Waals surface area contributed by atoms with Crippen LogP contribution in [0.1, 0.15) is 13.8 Å². The van der Waals surface area contributed by atoms with E-state index in [-0.39, 0.29) is 12.6 Å². The highest BCUT2D eigenvalue weighted by molar-refractivity contribution is 5.37. The Kier molecular flexibility index (Phi) is 4.96. The fourth-order valence-corrected chi connectivity index (χ4v) is 1.43. The van der Waals surface area contributed by atoms with E-state index in [9.17, 15) is 0 Å². The third-order valence-electron chi connectivity index (χ3n) is 2.31. The van der Waals surface area contributed by atoms with Gasteiger partial charge in [0.1, 0.15) is 0 Å². The van der Waals surface area contributed by atoms with Gasteiger partial charge in [-0.2, -0.15) is 9.97 Å². The molecule has 0 fully saturated rings. The highest BCUT2D eigenvalue weighted by atomic mass is 16.5. The maximum absolute atomic E-state index is 9.04. The number of hydrogen-bond donors (Lipinski definition) is 1. The molecule has 1 rings (SSSR count). The third-order valence-corrected chi connectivity index (χ3v) is 2.31. The third kappa shape index (κ3) is 3.45. The zero-order valence-corrected chi connectivity index (χ0v) is 10.7. The lowest BCUT2D eigenvalue weighted by Crippen LogP contribution is -2.34. The zero-order chi connectivity index (χ0) is 12.8. The Morgan fingerprint density at radius 1 is 1.24 bits per heavy atom. The normalized spacial score (nSPS) is 10.5. The van der Waals surface area contributed by atoms with Crippen molar-refractivity contribution in [3.8, 4) is 11.8 Å². The van der Waals surface area contributed by atoms with Crippen LogP contribution < -0.4 is 14.4 Å². The van der Waals surface area contributed by atoms with E-state index in [1.54, 1.807) is 6.07 Å². The summed E-state index contributed by atoms with van der Waals surface area (Å²) in [4.78, 5) is 10.4. The number of rotatable bonds is 6. The minimum atomic E-state index is 0.0427. The summed E-state index contributed by atoms with van der Waals surface area (Å²) < 4.78 is 10.2. The SMILES string of the molecule is COc1cc(OC)nc(N(CCO)C(C)C)n1. The second-order valence-electron chi connectivity index (χ2n) is 3.76. The molecule has 0 aliphatic rings. The first-order valence-electron chi connectivity index (χ1n) is 5.47. The number of methoxy groups -OCH3 is 2. The molecule has 0 spiro atoms. The molecule has 0 atom stereocenters. The molecule has 0 saturated heterocycles. The lowest BCUT2D eigenvalue weighted by atomic mass is 10.3. The van der Waals surface area contributed by atoms with Crippen LogP contribution in [0.2, 0.25) is 0 Å². The molecule has 0 amide bonds. The van der Waals surface area contributed by atoms with Crippen LogP contribution in [0.25, 0.3) is 0 Å². The summed E-state index contributed by atoms with van der Waals surface area (Å²) >= 11 is 0. The summed E-state index contributed by atoms with van der Waals surface area (Å²) in [5.74, 6) is 1.37. The summed E-state index contributed by atoms with van der Waals surface area (Å²) in [6.45, 7) is 4.52. The van der Waals surface area contributed by atoms with Crippen molar-refractivity contribution >= 4 is 5.95 Å². The Labute approximate surface area is 101 Å². The molecule has 0 aliphatic carbocycles. The number of nitrogens with zero attached hydrogens (tertiary/aromatic N) is 3. The van der Waals surface area contributed by atoms with E-state index in [0.717, 1.165) is 0 Å². The molecule has 1 N–H and O–H groups in total. The number of aromatic nitrogens is 2. The summed E-state index contributed by atoms with van der Waals surface area (Å²) in [5, 5.41) is 9.04. The first-order valence-corrected chi connectivity index (χ1v) is 5.47. The van der Waals surface area contributed by atoms with Crippen LogP contribution in [-0.2, 0) is 0 Å². The van der Waals surface area contributed by atoms with Crippen molar-refractivity contribution in [3.05, 3.63) is 6.07 Å². The zero-order valence-electron chi connectivity index (χ0n) is 10.7. The van der Waals surface area contributed by atoms with Gasteiger partial charge in [-0.25, -0.2) is 0 Å². The van der Waals surface area contributed by atoms with Gasteiger partial charge in [-0.05, 0) is 13.8 Å². The topological polar surface area (TPSA) is 67.7 Å². The first kappa shape index (κ1) is 13.5. The number of aliphatic hydroxyl groups excluding tert-OH is 1. The fraction of sp³-hybridized carbons (Fsp3) is 0.636. The van der Waals surface area contributed by atoms with Crippen LogP contribution >= 0.6 is 0 Å². The van der Waals surface area contributed by atoms with Gasteiger partial charge in [0.2, 0.25) is 17.7 Å². The van der Waals surface area contributed by atoms with Crippen molar-refractivity contribution < 1.29 is 14.6 Å². The monoisotopic (exact) mass is 241 g/mol. The quantitative estimate of drug-likeness (QED) is 0.790. The standard InChI is InChI=1S/C11H19N3O3/c1-8(2)14(5-6-15)11-12-9(16-3)7-10(13-11)17-4/h7-8,15H,5-6H2,1-4H3. The van der Waals surface area contributed by atoms with Gasteiger partial charge < -0.3 is 19.5 Å². The van der Waals surface area contributed by atoms with Crippen molar-refractivity contribution in [1.29, 1.82) is 0 Å². The molecule has 0 radical (unpaired) electrons. The van der Waals surface area contributed by atoms with Crippen LogP contribution in [0.3, 0.4) is 0 Å². The fourth-order valence-electron chi connectivity index (χ4n) is 1.43. The van der Waals surface area contributed by atoms with Gasteiger partial charge in [-0.15, -0.1) is 0 Å². The van der Waals surface area contributed by atoms with Crippen LogP contribution in [0, 0.1) is 0 Å². The summed E-state index contributed by atoms with van der Waals surface area (Å²) in [5.41, 5.74) is 0. The van der Waals surface area contributed by atoms with Crippen molar-refractivity contribution in [2.24, 2.45) is 0 Å². The molecule has 0 bridgehead atoms. The Hall–Kier alpha value is -1.56. The van der Waals surface area contributed by atoms with Crippen molar-refractivity contribution in [2.75, 3.05) is 32.3 Å². The largest absolute Gasteiger partial charge is 0.481 e. The Morgan fingerprint density at radius 3 is 2.12 bits per heavy atom. The Bertz CT molecular complexity index is 336. The maximum atomic E-state index is 9.04. The molecule has 0 aliphatic heterocycles. The Balaban J connectivity index is 3.08. The molecule has 6 heteroatoms. The van der Waals surface area contributed by atoms with Gasteiger partial charge in [-0.3, -0.25) is 0 Å². The summed E-state index contributed by atoms with van der Waals surface area (Å²) in [7, 11) is 3.08. The van der Waals surface area contributed by atoms with Crippen molar-refractivity contribution in [2.45, 2.75) is 19.9 Å². The first-order chi connectivity index (χ1) is 8.12. The lowest BCUT2D eigenvalue weighted by molar-refractivity contribution is 0.297. The molecule has 1 heterocycles. The molecule has 1 aromatic rings. The van der Waals surface area contributed by atoms with E-state index in [1.807, 2.05) is 18.7 Å². The molecule has 0 saturated carbocycles. The lowest BCUT2D eigenvalue weighted by Gasteiger charge is -2.26. The van der Waals surface area contributed by atoms with Crippen LogP contribution in [0.15, 0.2) is 6.07 Å². The molecular weight excluding hydrogens is 222 g/mol. The second-order valence-corrected chi connectivity index (χ2v) is 3.76. The van der Waals surface area contributed by atoms with E-state index in [2.05, 4.69) is 9.97 Å². The molecule has 0 unspecified atom stereocenters. The van der Waals surface area contributed by atoms with Crippen LogP contribution in [-0.4, -0.2) is 48.5 Å². The van der Waals surface area contributed by atoms with Gasteiger partial charge in [-0.1, -0.05) is 0 Å². The van der Waals surface area contributed by atoms with E-state index in [1.165, 1.54) is 14.2 Å². The van der Waals surface area contributed by atoms with E-state index < -0.39 is 0 Å². The number of ether oxygens (including phenoxy) is 2. The predicted octanol–water partition coefficient (Wildman–Crippen LogP) is 0.701. The highest BCUT2D eigenvalue weighted by Crippen LogP contribution is 2.21. The number of hydrogen-bond acceptors (Lipinski definition) is 6. The molecule has 96 valence electrons. The van der Waals surface area contributed by atoms with E-state index in [0.29, 0.717) is 24.3 Å². The highest BCUT2D eigenvalue weighted by Gasteiger charge is 2.15. The van der Waals surface area contributed by atoms with Gasteiger partial charge >= 0.3 is 0 Å². The van der Waals surface area contributed by atoms with E-state index in [4.69, 9.17) is 14.6 Å². The van der Waals surface area contributed by atoms with Crippen LogP contribution in [0.4, 0.5) is 5.95 Å². The average Bonchev–Trinajstić information content (AvgIpc) is 2.34. The summed E-state index contributed by atoms with van der Waals surface area (Å²) in [6.07, 6.45) is 0. The number of anilines is 1. The average molecular weight is 241 g/mol. The maximum Gasteiger partial charge on any atom is 0.232 e. The minimum absolute atomic E-state index is 0.0427. The second kappa shape index (κ2) is 6.24. The molecule has 17 heavy (non-hydrogen) atoms. The van der Waals surface area contributed by atoms with Crippen molar-refractivity contribution in [3.63, 3.8) is 0 Å². The summed E-state index contributed by atoms with van der Waals surface area (Å²) in [6, 6.07) is 1.79. The van der Waals surface area contributed by atoms with Crippen molar-refractivity contribution in [1.82, 2.24) is 9.97 Å².